The van der Waals surface area contributed by atoms with Crippen LogP contribution in [0.15, 0.2) is 11.7 Å². The number of aryl methyl sites for hydroxylation is 1. The molecule has 1 aliphatic rings. The van der Waals surface area contributed by atoms with Crippen LogP contribution in [0.5, 0.6) is 0 Å². The van der Waals surface area contributed by atoms with Crippen molar-refractivity contribution in [2.24, 2.45) is 5.73 Å². The van der Waals surface area contributed by atoms with E-state index in [0.717, 1.165) is 24.1 Å². The molecule has 78 valence electrons. The summed E-state index contributed by atoms with van der Waals surface area (Å²) in [6, 6.07) is 0.378. The number of fused-ring (bicyclic) bond motifs is 1. The average molecular weight is 219 g/mol. The molecule has 1 saturated carbocycles. The minimum Gasteiger partial charge on any atom is -0.328 e. The largest absolute Gasteiger partial charge is 0.328 e. The summed E-state index contributed by atoms with van der Waals surface area (Å²) in [5.74, 6) is 0.582. The molecule has 0 atom stereocenters. The van der Waals surface area contributed by atoms with Gasteiger partial charge in [-0.15, -0.1) is 11.3 Å². The lowest BCUT2D eigenvalue weighted by atomic mass is 9.75. The van der Waals surface area contributed by atoms with Crippen LogP contribution in [-0.2, 0) is 0 Å². The number of nitrogens with two attached hydrogens (primary N) is 1. The minimum absolute atomic E-state index is 0.378. The van der Waals surface area contributed by atoms with Crippen LogP contribution in [0.4, 0.5) is 0 Å². The van der Waals surface area contributed by atoms with E-state index in [-0.39, 0.29) is 0 Å². The van der Waals surface area contributed by atoms with E-state index in [4.69, 9.17) is 5.73 Å². The Morgan fingerprint density at radius 3 is 2.93 bits per heavy atom. The van der Waals surface area contributed by atoms with Gasteiger partial charge in [0, 0.05) is 23.5 Å². The fourth-order valence-electron chi connectivity index (χ4n) is 2.33. The van der Waals surface area contributed by atoms with Crippen LogP contribution in [0.1, 0.15) is 30.0 Å². The van der Waals surface area contributed by atoms with Crippen molar-refractivity contribution in [2.75, 3.05) is 0 Å². The van der Waals surface area contributed by atoms with Crippen LogP contribution >= 0.6 is 11.3 Å². The van der Waals surface area contributed by atoms with Crippen LogP contribution < -0.4 is 5.73 Å². The van der Waals surface area contributed by atoms with Gasteiger partial charge in [-0.3, -0.25) is 4.98 Å². The molecule has 0 saturated heterocycles. The van der Waals surface area contributed by atoms with E-state index in [2.05, 4.69) is 16.9 Å². The van der Waals surface area contributed by atoms with Crippen molar-refractivity contribution in [2.45, 2.75) is 31.7 Å². The summed E-state index contributed by atoms with van der Waals surface area (Å²) in [5.41, 5.74) is 11.3. The number of nitrogens with zero attached hydrogens (tertiary/aromatic N) is 2. The van der Waals surface area contributed by atoms with Crippen molar-refractivity contribution in [3.63, 3.8) is 0 Å². The van der Waals surface area contributed by atoms with Crippen molar-refractivity contribution in [3.05, 3.63) is 23.0 Å². The van der Waals surface area contributed by atoms with Gasteiger partial charge in [0.15, 0.2) is 0 Å². The van der Waals surface area contributed by atoms with E-state index >= 15 is 0 Å². The molecule has 0 bridgehead atoms. The molecule has 3 rings (SSSR count). The van der Waals surface area contributed by atoms with E-state index in [1.807, 2.05) is 11.7 Å². The number of aromatic nitrogens is 2. The number of pyridine rings is 1. The maximum atomic E-state index is 5.84. The second-order valence-corrected chi connectivity index (χ2v) is 5.14. The van der Waals surface area contributed by atoms with Gasteiger partial charge < -0.3 is 5.73 Å². The number of rotatable bonds is 1. The summed E-state index contributed by atoms with van der Waals surface area (Å²) in [6.07, 6.45) is 4.09. The first kappa shape index (κ1) is 9.24. The maximum absolute atomic E-state index is 5.84. The SMILES string of the molecule is Cc1ncc2scnc2c1C1CC(N)C1. The Bertz CT molecular complexity index is 500. The summed E-state index contributed by atoms with van der Waals surface area (Å²) in [7, 11) is 0. The normalized spacial score (nSPS) is 25.5. The molecule has 0 aromatic carbocycles. The molecule has 4 heteroatoms. The molecule has 2 aromatic rings. The molecule has 0 unspecified atom stereocenters. The van der Waals surface area contributed by atoms with Crippen LogP contribution in [0.2, 0.25) is 0 Å². The fraction of sp³-hybridized carbons (Fsp3) is 0.455. The summed E-state index contributed by atoms with van der Waals surface area (Å²) in [6.45, 7) is 2.07. The fourth-order valence-corrected chi connectivity index (χ4v) is 2.99. The molecular weight excluding hydrogens is 206 g/mol. The summed E-state index contributed by atoms with van der Waals surface area (Å²) in [4.78, 5) is 8.88. The summed E-state index contributed by atoms with van der Waals surface area (Å²) >= 11 is 1.66. The molecule has 0 amide bonds. The minimum atomic E-state index is 0.378. The molecule has 2 heterocycles. The molecule has 1 fully saturated rings. The zero-order valence-electron chi connectivity index (χ0n) is 8.60. The lowest BCUT2D eigenvalue weighted by Crippen LogP contribution is -2.35. The predicted molar refractivity (Wildman–Crippen MR) is 62.1 cm³/mol. The molecule has 15 heavy (non-hydrogen) atoms. The zero-order valence-corrected chi connectivity index (χ0v) is 9.42. The summed E-state index contributed by atoms with van der Waals surface area (Å²) < 4.78 is 1.19. The van der Waals surface area contributed by atoms with Gasteiger partial charge in [0.2, 0.25) is 0 Å². The smallest absolute Gasteiger partial charge is 0.0880 e. The Labute approximate surface area is 92.4 Å². The summed E-state index contributed by atoms with van der Waals surface area (Å²) in [5, 5.41) is 0. The molecule has 2 N–H and O–H groups in total. The highest BCUT2D eigenvalue weighted by Gasteiger charge is 2.30. The molecule has 2 aromatic heterocycles. The lowest BCUT2D eigenvalue weighted by molar-refractivity contribution is 0.351. The van der Waals surface area contributed by atoms with Gasteiger partial charge in [-0.2, -0.15) is 0 Å². The van der Waals surface area contributed by atoms with E-state index in [1.165, 1.54) is 10.3 Å². The van der Waals surface area contributed by atoms with Gasteiger partial charge in [-0.05, 0) is 25.7 Å². The highest BCUT2D eigenvalue weighted by atomic mass is 32.1. The Kier molecular flexibility index (Phi) is 2.00. The lowest BCUT2D eigenvalue weighted by Gasteiger charge is -2.33. The molecule has 3 nitrogen and oxygen atoms in total. The number of hydrogen-bond donors (Lipinski definition) is 1. The van der Waals surface area contributed by atoms with E-state index in [9.17, 15) is 0 Å². The molecule has 1 aliphatic carbocycles. The predicted octanol–water partition coefficient (Wildman–Crippen LogP) is 2.20. The Balaban J connectivity index is 2.14. The molecule has 0 spiro atoms. The van der Waals surface area contributed by atoms with E-state index in [0.29, 0.717) is 12.0 Å². The van der Waals surface area contributed by atoms with Gasteiger partial charge in [0.05, 0.1) is 15.7 Å². The first-order valence-corrected chi connectivity index (χ1v) is 6.08. The Morgan fingerprint density at radius 2 is 2.20 bits per heavy atom. The van der Waals surface area contributed by atoms with Gasteiger partial charge in [-0.25, -0.2) is 4.98 Å². The third-order valence-corrected chi connectivity index (χ3v) is 3.96. The molecule has 0 radical (unpaired) electrons. The van der Waals surface area contributed by atoms with Gasteiger partial charge in [0.1, 0.15) is 0 Å². The van der Waals surface area contributed by atoms with Crippen molar-refractivity contribution < 1.29 is 0 Å². The standard InChI is InChI=1S/C11H13N3S/c1-6-10(7-2-8(12)3-7)11-9(4-13-6)15-5-14-11/h4-5,7-8H,2-3,12H2,1H3. The van der Waals surface area contributed by atoms with Crippen molar-refractivity contribution in [1.82, 2.24) is 9.97 Å². The quantitative estimate of drug-likeness (QED) is 0.800. The van der Waals surface area contributed by atoms with E-state index in [1.54, 1.807) is 11.3 Å². The number of hydrogen-bond acceptors (Lipinski definition) is 4. The second kappa shape index (κ2) is 3.25. The van der Waals surface area contributed by atoms with Crippen LogP contribution in [0.3, 0.4) is 0 Å². The molecule has 0 aliphatic heterocycles. The van der Waals surface area contributed by atoms with Crippen LogP contribution in [0.25, 0.3) is 10.2 Å². The van der Waals surface area contributed by atoms with Crippen molar-refractivity contribution in [3.8, 4) is 0 Å². The zero-order chi connectivity index (χ0) is 10.4. The van der Waals surface area contributed by atoms with Gasteiger partial charge in [-0.1, -0.05) is 0 Å². The highest BCUT2D eigenvalue weighted by molar-refractivity contribution is 7.16. The first-order chi connectivity index (χ1) is 7.25. The maximum Gasteiger partial charge on any atom is 0.0880 e. The van der Waals surface area contributed by atoms with Gasteiger partial charge in [0.25, 0.3) is 0 Å². The van der Waals surface area contributed by atoms with E-state index < -0.39 is 0 Å². The van der Waals surface area contributed by atoms with Crippen LogP contribution in [0, 0.1) is 6.92 Å². The monoisotopic (exact) mass is 219 g/mol. The second-order valence-electron chi connectivity index (χ2n) is 4.25. The Hall–Kier alpha value is -1.00. The highest BCUT2D eigenvalue weighted by Crippen LogP contribution is 2.40. The van der Waals surface area contributed by atoms with Crippen molar-refractivity contribution >= 4 is 21.6 Å². The number of thiazole rings is 1. The third kappa shape index (κ3) is 1.36. The van der Waals surface area contributed by atoms with Crippen molar-refractivity contribution in [1.29, 1.82) is 0 Å². The first-order valence-electron chi connectivity index (χ1n) is 5.20. The van der Waals surface area contributed by atoms with Gasteiger partial charge >= 0.3 is 0 Å². The Morgan fingerprint density at radius 1 is 1.40 bits per heavy atom. The molecular formula is C11H13N3S. The third-order valence-electron chi connectivity index (χ3n) is 3.20. The average Bonchev–Trinajstić information content (AvgIpc) is 2.61. The van der Waals surface area contributed by atoms with Crippen LogP contribution in [-0.4, -0.2) is 16.0 Å². The topological polar surface area (TPSA) is 51.8 Å².